The Kier molecular flexibility index (Phi) is 4.73. The van der Waals surface area contributed by atoms with Gasteiger partial charge in [-0.1, -0.05) is 45.5 Å². The number of aromatic nitrogens is 2. The first-order valence-corrected chi connectivity index (χ1v) is 8.80. The first kappa shape index (κ1) is 15.4. The average molecular weight is 381 g/mol. The summed E-state index contributed by atoms with van der Waals surface area (Å²) >= 11 is 5.10. The van der Waals surface area contributed by atoms with Gasteiger partial charge >= 0.3 is 0 Å². The SMILES string of the molecule is Cc1nnc(N2CC(NC(=O)CCc3ccccc3Br)C2)s1. The summed E-state index contributed by atoms with van der Waals surface area (Å²) in [5.41, 5.74) is 1.16. The molecular formula is C15H17BrN4OS. The highest BCUT2D eigenvalue weighted by molar-refractivity contribution is 9.10. The molecule has 0 unspecified atom stereocenters. The van der Waals surface area contributed by atoms with E-state index in [9.17, 15) is 4.79 Å². The number of anilines is 1. The normalized spacial score (nSPS) is 14.7. The fourth-order valence-corrected chi connectivity index (χ4v) is 3.58. The van der Waals surface area contributed by atoms with Gasteiger partial charge in [0.1, 0.15) is 5.01 Å². The lowest BCUT2D eigenvalue weighted by Gasteiger charge is -2.39. The third-order valence-electron chi connectivity index (χ3n) is 3.61. The van der Waals surface area contributed by atoms with Crippen LogP contribution in [0.25, 0.3) is 0 Å². The summed E-state index contributed by atoms with van der Waals surface area (Å²) in [5, 5.41) is 13.1. The summed E-state index contributed by atoms with van der Waals surface area (Å²) in [6.45, 7) is 3.58. The van der Waals surface area contributed by atoms with Crippen molar-refractivity contribution in [2.24, 2.45) is 0 Å². The van der Waals surface area contributed by atoms with E-state index in [-0.39, 0.29) is 11.9 Å². The van der Waals surface area contributed by atoms with Crippen molar-refractivity contribution < 1.29 is 4.79 Å². The van der Waals surface area contributed by atoms with Crippen LogP contribution in [0.2, 0.25) is 0 Å². The van der Waals surface area contributed by atoms with Gasteiger partial charge in [0.2, 0.25) is 11.0 Å². The smallest absolute Gasteiger partial charge is 0.220 e. The van der Waals surface area contributed by atoms with Gasteiger partial charge in [-0.2, -0.15) is 0 Å². The molecule has 1 fully saturated rings. The minimum absolute atomic E-state index is 0.105. The summed E-state index contributed by atoms with van der Waals surface area (Å²) in [7, 11) is 0. The Labute approximate surface area is 141 Å². The van der Waals surface area contributed by atoms with E-state index in [2.05, 4.69) is 36.3 Å². The molecule has 3 rings (SSSR count). The molecule has 0 saturated carbocycles. The van der Waals surface area contributed by atoms with E-state index >= 15 is 0 Å². The maximum absolute atomic E-state index is 12.0. The molecule has 0 atom stereocenters. The van der Waals surface area contributed by atoms with Gasteiger partial charge in [-0.3, -0.25) is 4.79 Å². The minimum Gasteiger partial charge on any atom is -0.350 e. The van der Waals surface area contributed by atoms with Gasteiger partial charge in [-0.15, -0.1) is 10.2 Å². The Balaban J connectivity index is 1.41. The molecule has 116 valence electrons. The predicted octanol–water partition coefficient (Wildman–Crippen LogP) is 2.55. The molecule has 1 aromatic carbocycles. The lowest BCUT2D eigenvalue weighted by Crippen LogP contribution is -2.59. The molecule has 1 aliphatic rings. The number of halogens is 1. The van der Waals surface area contributed by atoms with Crippen molar-refractivity contribution in [2.75, 3.05) is 18.0 Å². The van der Waals surface area contributed by atoms with Crippen LogP contribution in [0.15, 0.2) is 28.7 Å². The molecule has 7 heteroatoms. The van der Waals surface area contributed by atoms with Gasteiger partial charge in [0.15, 0.2) is 0 Å². The first-order chi connectivity index (χ1) is 10.6. The number of nitrogens with zero attached hydrogens (tertiary/aromatic N) is 3. The van der Waals surface area contributed by atoms with Crippen molar-refractivity contribution >= 4 is 38.3 Å². The van der Waals surface area contributed by atoms with Crippen LogP contribution in [-0.4, -0.2) is 35.2 Å². The van der Waals surface area contributed by atoms with Crippen LogP contribution in [0.1, 0.15) is 17.0 Å². The molecular weight excluding hydrogens is 364 g/mol. The van der Waals surface area contributed by atoms with Crippen LogP contribution in [0.3, 0.4) is 0 Å². The Morgan fingerprint density at radius 1 is 1.41 bits per heavy atom. The second kappa shape index (κ2) is 6.75. The van der Waals surface area contributed by atoms with Crippen LogP contribution in [0.4, 0.5) is 5.13 Å². The highest BCUT2D eigenvalue weighted by Crippen LogP contribution is 2.24. The van der Waals surface area contributed by atoms with Gasteiger partial charge in [0, 0.05) is 24.0 Å². The van der Waals surface area contributed by atoms with E-state index in [4.69, 9.17) is 0 Å². The number of benzene rings is 1. The van der Waals surface area contributed by atoms with E-state index in [1.807, 2.05) is 31.2 Å². The van der Waals surface area contributed by atoms with E-state index < -0.39 is 0 Å². The van der Waals surface area contributed by atoms with Gasteiger partial charge in [-0.25, -0.2) is 0 Å². The van der Waals surface area contributed by atoms with Crippen molar-refractivity contribution in [2.45, 2.75) is 25.8 Å². The Morgan fingerprint density at radius 2 is 2.18 bits per heavy atom. The quantitative estimate of drug-likeness (QED) is 0.865. The van der Waals surface area contributed by atoms with Gasteiger partial charge in [-0.05, 0) is 25.0 Å². The van der Waals surface area contributed by atoms with Crippen molar-refractivity contribution in [1.29, 1.82) is 0 Å². The summed E-state index contributed by atoms with van der Waals surface area (Å²) in [6.07, 6.45) is 1.26. The molecule has 1 saturated heterocycles. The molecule has 2 heterocycles. The monoisotopic (exact) mass is 380 g/mol. The molecule has 1 aromatic heterocycles. The molecule has 0 aliphatic carbocycles. The predicted molar refractivity (Wildman–Crippen MR) is 91.3 cm³/mol. The average Bonchev–Trinajstić information content (AvgIpc) is 2.87. The van der Waals surface area contributed by atoms with Gasteiger partial charge < -0.3 is 10.2 Å². The van der Waals surface area contributed by atoms with Crippen molar-refractivity contribution in [3.63, 3.8) is 0 Å². The zero-order valence-electron chi connectivity index (χ0n) is 12.3. The Bertz CT molecular complexity index is 669. The van der Waals surface area contributed by atoms with Crippen LogP contribution < -0.4 is 10.2 Å². The van der Waals surface area contributed by atoms with E-state index in [0.717, 1.165) is 39.7 Å². The standard InChI is InChI=1S/C15H17BrN4OS/c1-10-18-19-15(22-10)20-8-12(9-20)17-14(21)7-6-11-4-2-3-5-13(11)16/h2-5,12H,6-9H2,1H3,(H,17,21). The Hall–Kier alpha value is -1.47. The lowest BCUT2D eigenvalue weighted by molar-refractivity contribution is -0.121. The highest BCUT2D eigenvalue weighted by atomic mass is 79.9. The van der Waals surface area contributed by atoms with E-state index in [1.54, 1.807) is 11.3 Å². The molecule has 22 heavy (non-hydrogen) atoms. The maximum atomic E-state index is 12.0. The number of amides is 1. The zero-order valence-corrected chi connectivity index (χ0v) is 14.7. The zero-order chi connectivity index (χ0) is 15.5. The molecule has 1 aliphatic heterocycles. The molecule has 2 aromatic rings. The van der Waals surface area contributed by atoms with Crippen molar-refractivity contribution in [1.82, 2.24) is 15.5 Å². The second-order valence-corrected chi connectivity index (χ2v) is 7.38. The number of aryl methyl sites for hydroxylation is 2. The molecule has 5 nitrogen and oxygen atoms in total. The van der Waals surface area contributed by atoms with Crippen LogP contribution in [-0.2, 0) is 11.2 Å². The number of hydrogen-bond acceptors (Lipinski definition) is 5. The lowest BCUT2D eigenvalue weighted by atomic mass is 10.1. The number of carbonyl (C=O) groups is 1. The largest absolute Gasteiger partial charge is 0.350 e. The van der Waals surface area contributed by atoms with E-state index in [1.165, 1.54) is 0 Å². The second-order valence-electron chi connectivity index (χ2n) is 5.36. The summed E-state index contributed by atoms with van der Waals surface area (Å²) in [4.78, 5) is 14.2. The van der Waals surface area contributed by atoms with Crippen LogP contribution in [0.5, 0.6) is 0 Å². The summed E-state index contributed by atoms with van der Waals surface area (Å²) in [6, 6.07) is 8.23. The van der Waals surface area contributed by atoms with Gasteiger partial charge in [0.25, 0.3) is 0 Å². The fourth-order valence-electron chi connectivity index (χ4n) is 2.39. The Morgan fingerprint density at radius 3 is 2.86 bits per heavy atom. The van der Waals surface area contributed by atoms with Crippen LogP contribution in [0, 0.1) is 6.92 Å². The first-order valence-electron chi connectivity index (χ1n) is 7.19. The fraction of sp³-hybridized carbons (Fsp3) is 0.400. The number of nitrogens with one attached hydrogen (secondary N) is 1. The van der Waals surface area contributed by atoms with Gasteiger partial charge in [0.05, 0.1) is 6.04 Å². The van der Waals surface area contributed by atoms with Crippen molar-refractivity contribution in [3.8, 4) is 0 Å². The highest BCUT2D eigenvalue weighted by Gasteiger charge is 2.30. The van der Waals surface area contributed by atoms with Crippen molar-refractivity contribution in [3.05, 3.63) is 39.3 Å². The molecule has 0 radical (unpaired) electrons. The number of hydrogen-bond donors (Lipinski definition) is 1. The molecule has 0 bridgehead atoms. The minimum atomic E-state index is 0.105. The topological polar surface area (TPSA) is 58.1 Å². The molecule has 1 amide bonds. The van der Waals surface area contributed by atoms with Crippen LogP contribution >= 0.6 is 27.3 Å². The number of rotatable bonds is 5. The summed E-state index contributed by atoms with van der Waals surface area (Å²) in [5.74, 6) is 0.105. The molecule has 0 spiro atoms. The molecule has 1 N–H and O–H groups in total. The summed E-state index contributed by atoms with van der Waals surface area (Å²) < 4.78 is 1.06. The third kappa shape index (κ3) is 3.64. The third-order valence-corrected chi connectivity index (χ3v) is 5.28. The number of carbonyl (C=O) groups excluding carboxylic acids is 1. The van der Waals surface area contributed by atoms with E-state index in [0.29, 0.717) is 6.42 Å². The maximum Gasteiger partial charge on any atom is 0.220 e.